The van der Waals surface area contributed by atoms with Crippen LogP contribution in [-0.4, -0.2) is 26.3 Å². The molecule has 0 saturated heterocycles. The van der Waals surface area contributed by atoms with Gasteiger partial charge in [-0.05, 0) is 31.0 Å². The van der Waals surface area contributed by atoms with Crippen molar-refractivity contribution in [3.63, 3.8) is 0 Å². The summed E-state index contributed by atoms with van der Waals surface area (Å²) in [7, 11) is 0. The molecule has 0 radical (unpaired) electrons. The zero-order valence-electron chi connectivity index (χ0n) is 10.5. The van der Waals surface area contributed by atoms with Gasteiger partial charge < -0.3 is 5.11 Å². The number of nitrogens with one attached hydrogen (secondary N) is 1. The zero-order valence-corrected chi connectivity index (χ0v) is 11.3. The lowest BCUT2D eigenvalue weighted by molar-refractivity contribution is 0.0690. The second-order valence-electron chi connectivity index (χ2n) is 4.98. The molecular weight excluding hydrogens is 274 g/mol. The number of carbonyl (C=O) groups is 1. The van der Waals surface area contributed by atoms with Gasteiger partial charge in [0.05, 0.1) is 20.9 Å². The number of aromatic carboxylic acids is 1. The Labute approximate surface area is 118 Å². The summed E-state index contributed by atoms with van der Waals surface area (Å²) >= 11 is 1.72. The molecule has 2 heterocycles. The maximum Gasteiger partial charge on any atom is 0.353 e. The summed E-state index contributed by atoms with van der Waals surface area (Å²) < 4.78 is 1.13. The van der Waals surface area contributed by atoms with Gasteiger partial charge in [-0.3, -0.25) is 5.10 Å². The Morgan fingerprint density at radius 3 is 2.90 bits per heavy atom. The third-order valence-corrected chi connectivity index (χ3v) is 4.62. The molecule has 6 heteroatoms. The minimum Gasteiger partial charge on any atom is -0.477 e. The first kappa shape index (κ1) is 11.6. The Morgan fingerprint density at radius 2 is 2.20 bits per heavy atom. The molecule has 0 unspecified atom stereocenters. The largest absolute Gasteiger partial charge is 0.477 e. The molecule has 0 spiro atoms. The van der Waals surface area contributed by atoms with E-state index in [4.69, 9.17) is 5.11 Å². The molecule has 20 heavy (non-hydrogen) atoms. The predicted octanol–water partition coefficient (Wildman–Crippen LogP) is 3.26. The topological polar surface area (TPSA) is 78.9 Å². The van der Waals surface area contributed by atoms with Crippen LogP contribution < -0.4 is 0 Å². The number of hydrogen-bond acceptors (Lipinski definition) is 4. The summed E-state index contributed by atoms with van der Waals surface area (Å²) in [5, 5.41) is 16.7. The maximum atomic E-state index is 10.9. The van der Waals surface area contributed by atoms with Crippen LogP contribution in [0.15, 0.2) is 24.3 Å². The molecule has 0 atom stereocenters. The van der Waals surface area contributed by atoms with Crippen LogP contribution in [0.3, 0.4) is 0 Å². The van der Waals surface area contributed by atoms with Crippen LogP contribution in [0.25, 0.3) is 21.5 Å². The Morgan fingerprint density at radius 1 is 1.35 bits per heavy atom. The minimum absolute atomic E-state index is 0.100. The van der Waals surface area contributed by atoms with Gasteiger partial charge in [0.25, 0.3) is 0 Å². The lowest BCUT2D eigenvalue weighted by Gasteiger charge is -1.95. The van der Waals surface area contributed by atoms with Crippen LogP contribution in [-0.2, 0) is 0 Å². The van der Waals surface area contributed by atoms with E-state index in [1.165, 1.54) is 17.8 Å². The highest BCUT2D eigenvalue weighted by Gasteiger charge is 2.27. The van der Waals surface area contributed by atoms with Crippen LogP contribution in [0.1, 0.15) is 34.3 Å². The molecular formula is C14H11N3O2S. The molecule has 1 aromatic carbocycles. The van der Waals surface area contributed by atoms with Crippen molar-refractivity contribution in [2.24, 2.45) is 0 Å². The number of carboxylic acid groups (broad SMARTS) is 1. The smallest absolute Gasteiger partial charge is 0.353 e. The average Bonchev–Trinajstić information content (AvgIpc) is 3.02. The molecule has 1 saturated carbocycles. The first-order chi connectivity index (χ1) is 9.70. The fraction of sp³-hybridized carbons (Fsp3) is 0.214. The quantitative estimate of drug-likeness (QED) is 0.774. The number of fused-ring (bicyclic) bond motifs is 1. The maximum absolute atomic E-state index is 10.9. The van der Waals surface area contributed by atoms with Crippen molar-refractivity contribution in [1.82, 2.24) is 15.2 Å². The van der Waals surface area contributed by atoms with Crippen molar-refractivity contribution in [3.8, 4) is 11.3 Å². The van der Waals surface area contributed by atoms with E-state index in [1.54, 1.807) is 17.4 Å². The fourth-order valence-corrected chi connectivity index (χ4v) is 3.36. The Kier molecular flexibility index (Phi) is 2.40. The third-order valence-electron chi connectivity index (χ3n) is 3.44. The number of aromatic nitrogens is 3. The monoisotopic (exact) mass is 285 g/mol. The average molecular weight is 285 g/mol. The highest BCUT2D eigenvalue weighted by atomic mass is 32.1. The van der Waals surface area contributed by atoms with Crippen molar-refractivity contribution < 1.29 is 9.90 Å². The van der Waals surface area contributed by atoms with E-state index >= 15 is 0 Å². The highest BCUT2D eigenvalue weighted by Crippen LogP contribution is 2.43. The van der Waals surface area contributed by atoms with Crippen molar-refractivity contribution in [2.75, 3.05) is 0 Å². The zero-order chi connectivity index (χ0) is 13.7. The molecule has 0 bridgehead atoms. The molecule has 2 N–H and O–H groups in total. The van der Waals surface area contributed by atoms with Gasteiger partial charge in [0.15, 0.2) is 0 Å². The second-order valence-corrected chi connectivity index (χ2v) is 6.04. The van der Waals surface area contributed by atoms with Crippen molar-refractivity contribution >= 4 is 27.5 Å². The van der Waals surface area contributed by atoms with Gasteiger partial charge in [-0.25, -0.2) is 9.78 Å². The number of benzene rings is 1. The van der Waals surface area contributed by atoms with Crippen molar-refractivity contribution in [3.05, 3.63) is 35.0 Å². The molecule has 0 amide bonds. The number of H-pyrrole nitrogens is 1. The summed E-state index contributed by atoms with van der Waals surface area (Å²) in [5.74, 6) is -0.349. The first-order valence-corrected chi connectivity index (χ1v) is 7.22. The van der Waals surface area contributed by atoms with Crippen LogP contribution in [0.2, 0.25) is 0 Å². The normalized spacial score (nSPS) is 14.8. The highest BCUT2D eigenvalue weighted by molar-refractivity contribution is 7.18. The number of nitrogens with zero attached hydrogens (tertiary/aromatic N) is 2. The molecule has 4 rings (SSSR count). The van der Waals surface area contributed by atoms with Crippen LogP contribution in [0, 0.1) is 0 Å². The number of aromatic amines is 1. The second kappa shape index (κ2) is 4.14. The van der Waals surface area contributed by atoms with Crippen LogP contribution in [0.4, 0.5) is 0 Å². The van der Waals surface area contributed by atoms with Gasteiger partial charge in [-0.15, -0.1) is 11.3 Å². The van der Waals surface area contributed by atoms with Gasteiger partial charge in [0.1, 0.15) is 5.69 Å². The molecule has 1 aliphatic carbocycles. The fourth-order valence-electron chi connectivity index (χ4n) is 2.19. The van der Waals surface area contributed by atoms with E-state index in [2.05, 4.69) is 15.2 Å². The van der Waals surface area contributed by atoms with Gasteiger partial charge in [-0.1, -0.05) is 6.07 Å². The minimum atomic E-state index is -1.00. The van der Waals surface area contributed by atoms with Gasteiger partial charge >= 0.3 is 5.97 Å². The molecule has 2 aromatic heterocycles. The molecule has 3 aromatic rings. The van der Waals surface area contributed by atoms with Gasteiger partial charge in [0, 0.05) is 11.5 Å². The van der Waals surface area contributed by atoms with E-state index < -0.39 is 5.97 Å². The predicted molar refractivity (Wildman–Crippen MR) is 76.1 cm³/mol. The van der Waals surface area contributed by atoms with Crippen molar-refractivity contribution in [2.45, 2.75) is 18.8 Å². The summed E-state index contributed by atoms with van der Waals surface area (Å²) in [5.41, 5.74) is 2.66. The summed E-state index contributed by atoms with van der Waals surface area (Å²) in [4.78, 5) is 15.5. The number of rotatable bonds is 3. The van der Waals surface area contributed by atoms with Crippen LogP contribution in [0.5, 0.6) is 0 Å². The SMILES string of the molecule is O=C(O)c1cc(-c2ccc3nc(C4CC4)sc3c2)n[nH]1. The van der Waals surface area contributed by atoms with Crippen molar-refractivity contribution in [1.29, 1.82) is 0 Å². The molecule has 1 fully saturated rings. The summed E-state index contributed by atoms with van der Waals surface area (Å²) in [6, 6.07) is 7.48. The Bertz CT molecular complexity index is 817. The first-order valence-electron chi connectivity index (χ1n) is 6.40. The standard InChI is InChI=1S/C14H11N3O2S/c18-14(19)11-6-10(16-17-11)8-3-4-9-12(5-8)20-13(15-9)7-1-2-7/h3-7H,1-2H2,(H,16,17)(H,18,19). The summed E-state index contributed by atoms with van der Waals surface area (Å²) in [6.45, 7) is 0. The van der Waals surface area contributed by atoms with Crippen LogP contribution >= 0.6 is 11.3 Å². The van der Waals surface area contributed by atoms with E-state index in [9.17, 15) is 4.79 Å². The van der Waals surface area contributed by atoms with E-state index in [1.807, 2.05) is 18.2 Å². The molecule has 1 aliphatic rings. The van der Waals surface area contributed by atoms with E-state index in [-0.39, 0.29) is 5.69 Å². The molecule has 5 nitrogen and oxygen atoms in total. The van der Waals surface area contributed by atoms with Gasteiger partial charge in [-0.2, -0.15) is 5.10 Å². The Hall–Kier alpha value is -2.21. The molecule has 0 aliphatic heterocycles. The molecule has 100 valence electrons. The lowest BCUT2D eigenvalue weighted by atomic mass is 10.1. The summed E-state index contributed by atoms with van der Waals surface area (Å²) in [6.07, 6.45) is 2.49. The number of thiazole rings is 1. The third kappa shape index (κ3) is 1.89. The van der Waals surface area contributed by atoms with Gasteiger partial charge in [0.2, 0.25) is 0 Å². The Balaban J connectivity index is 1.76. The number of carboxylic acids is 1. The lowest BCUT2D eigenvalue weighted by Crippen LogP contribution is -1.95. The van der Waals surface area contributed by atoms with E-state index in [0.29, 0.717) is 11.6 Å². The van der Waals surface area contributed by atoms with E-state index in [0.717, 1.165) is 15.8 Å². The number of hydrogen-bond donors (Lipinski definition) is 2.